The Bertz CT molecular complexity index is 542. The van der Waals surface area contributed by atoms with Crippen LogP contribution in [0.1, 0.15) is 26.7 Å². The molecule has 1 fully saturated rings. The number of rotatable bonds is 4. The maximum atomic E-state index is 4.68. The minimum atomic E-state index is 0.372. The number of nitrogens with zero attached hydrogens (tertiary/aromatic N) is 4. The van der Waals surface area contributed by atoms with Gasteiger partial charge in [-0.3, -0.25) is 0 Å². The highest BCUT2D eigenvalue weighted by Gasteiger charge is 2.17. The first kappa shape index (κ1) is 12.8. The van der Waals surface area contributed by atoms with Gasteiger partial charge in [0.1, 0.15) is 5.69 Å². The van der Waals surface area contributed by atoms with Gasteiger partial charge < -0.3 is 10.2 Å². The molecule has 102 valence electrons. The highest BCUT2D eigenvalue weighted by Crippen LogP contribution is 2.32. The fourth-order valence-corrected chi connectivity index (χ4v) is 3.84. The lowest BCUT2D eigenvalue weighted by Crippen LogP contribution is -2.17. The van der Waals surface area contributed by atoms with E-state index in [0.717, 1.165) is 34.1 Å². The molecule has 1 saturated heterocycles. The highest BCUT2D eigenvalue weighted by atomic mass is 32.1. The monoisotopic (exact) mass is 295 g/mol. The van der Waals surface area contributed by atoms with Crippen LogP contribution in [0.4, 0.5) is 10.3 Å². The van der Waals surface area contributed by atoms with Crippen LogP contribution in [0.3, 0.4) is 0 Å². The molecule has 0 radical (unpaired) electrons. The Hall–Kier alpha value is -1.21. The zero-order valence-electron chi connectivity index (χ0n) is 11.1. The van der Waals surface area contributed by atoms with Crippen LogP contribution < -0.4 is 10.2 Å². The summed E-state index contributed by atoms with van der Waals surface area (Å²) in [7, 11) is 0. The minimum Gasteiger partial charge on any atom is -0.358 e. The second kappa shape index (κ2) is 5.42. The smallest absolute Gasteiger partial charge is 0.206 e. The fourth-order valence-electron chi connectivity index (χ4n) is 2.05. The van der Waals surface area contributed by atoms with E-state index in [1.54, 1.807) is 22.7 Å². The molecule has 5 nitrogen and oxygen atoms in total. The predicted molar refractivity (Wildman–Crippen MR) is 81.2 cm³/mol. The summed E-state index contributed by atoms with van der Waals surface area (Å²) in [6.07, 6.45) is 2.55. The zero-order chi connectivity index (χ0) is 13.2. The van der Waals surface area contributed by atoms with Gasteiger partial charge in [0.25, 0.3) is 0 Å². The summed E-state index contributed by atoms with van der Waals surface area (Å²) in [5.74, 6) is 0. The molecular weight excluding hydrogens is 278 g/mol. The first-order valence-electron chi connectivity index (χ1n) is 6.53. The van der Waals surface area contributed by atoms with Crippen LogP contribution in [0.5, 0.6) is 0 Å². The van der Waals surface area contributed by atoms with Crippen LogP contribution in [0, 0.1) is 0 Å². The molecule has 1 aliphatic rings. The molecule has 0 amide bonds. The molecular formula is C12H17N5S2. The van der Waals surface area contributed by atoms with Crippen LogP contribution in [0.2, 0.25) is 0 Å². The minimum absolute atomic E-state index is 0.372. The lowest BCUT2D eigenvalue weighted by Gasteiger charge is -2.11. The molecule has 1 aliphatic heterocycles. The number of thiazole rings is 1. The average Bonchev–Trinajstić information content (AvgIpc) is 3.09. The van der Waals surface area contributed by atoms with Crippen molar-refractivity contribution in [1.29, 1.82) is 0 Å². The largest absolute Gasteiger partial charge is 0.358 e. The molecule has 1 N–H and O–H groups in total. The summed E-state index contributed by atoms with van der Waals surface area (Å²) in [5.41, 5.74) is 0.946. The van der Waals surface area contributed by atoms with E-state index in [2.05, 4.69) is 44.6 Å². The van der Waals surface area contributed by atoms with Gasteiger partial charge in [-0.25, -0.2) is 4.98 Å². The van der Waals surface area contributed by atoms with Crippen molar-refractivity contribution in [2.75, 3.05) is 23.3 Å². The van der Waals surface area contributed by atoms with Crippen molar-refractivity contribution >= 4 is 32.9 Å². The van der Waals surface area contributed by atoms with E-state index in [0.29, 0.717) is 6.04 Å². The predicted octanol–water partition coefficient (Wildman–Crippen LogP) is 3.08. The molecule has 0 aliphatic carbocycles. The maximum absolute atomic E-state index is 4.68. The van der Waals surface area contributed by atoms with E-state index in [1.807, 2.05) is 0 Å². The maximum Gasteiger partial charge on any atom is 0.206 e. The second-order valence-corrected chi connectivity index (χ2v) is 6.73. The van der Waals surface area contributed by atoms with Crippen LogP contribution in [0.25, 0.3) is 10.7 Å². The third-order valence-electron chi connectivity index (χ3n) is 2.92. The Kier molecular flexibility index (Phi) is 3.65. The van der Waals surface area contributed by atoms with E-state index < -0.39 is 0 Å². The molecule has 3 rings (SSSR count). The van der Waals surface area contributed by atoms with E-state index in [4.69, 9.17) is 0 Å². The number of aromatic nitrogens is 3. The van der Waals surface area contributed by atoms with Crippen molar-refractivity contribution in [1.82, 2.24) is 15.2 Å². The van der Waals surface area contributed by atoms with Crippen molar-refractivity contribution < 1.29 is 0 Å². The second-order valence-electron chi connectivity index (χ2n) is 4.92. The number of nitrogens with one attached hydrogen (secondary N) is 1. The van der Waals surface area contributed by atoms with Gasteiger partial charge in [-0.05, 0) is 26.7 Å². The van der Waals surface area contributed by atoms with Crippen molar-refractivity contribution in [2.24, 2.45) is 0 Å². The lowest BCUT2D eigenvalue weighted by atomic mass is 10.4. The van der Waals surface area contributed by atoms with Gasteiger partial charge >= 0.3 is 0 Å². The van der Waals surface area contributed by atoms with Gasteiger partial charge in [0.05, 0.1) is 0 Å². The summed E-state index contributed by atoms with van der Waals surface area (Å²) in [4.78, 5) is 7.03. The van der Waals surface area contributed by atoms with Gasteiger partial charge in [0.2, 0.25) is 5.13 Å². The van der Waals surface area contributed by atoms with Gasteiger partial charge in [0.15, 0.2) is 10.1 Å². The van der Waals surface area contributed by atoms with Crippen LogP contribution >= 0.6 is 22.7 Å². The number of hydrogen-bond donors (Lipinski definition) is 1. The quantitative estimate of drug-likeness (QED) is 0.939. The topological polar surface area (TPSA) is 53.9 Å². The standard InChI is InChI=1S/C12H17N5S2/c1-8(2)13-11-16-15-10(19-11)9-7-18-12(14-9)17-5-3-4-6-17/h7-8H,3-6H2,1-2H3,(H,13,16). The van der Waals surface area contributed by atoms with E-state index in [1.165, 1.54) is 12.8 Å². The van der Waals surface area contributed by atoms with Crippen LogP contribution in [-0.4, -0.2) is 34.3 Å². The third kappa shape index (κ3) is 2.87. The van der Waals surface area contributed by atoms with E-state index in [-0.39, 0.29) is 0 Å². The molecule has 3 heterocycles. The molecule has 0 bridgehead atoms. The van der Waals surface area contributed by atoms with Crippen LogP contribution in [0.15, 0.2) is 5.38 Å². The molecule has 0 unspecified atom stereocenters. The summed E-state index contributed by atoms with van der Waals surface area (Å²) in [6.45, 7) is 6.44. The third-order valence-corrected chi connectivity index (χ3v) is 4.70. The van der Waals surface area contributed by atoms with Crippen molar-refractivity contribution in [3.8, 4) is 10.7 Å². The first-order chi connectivity index (χ1) is 9.22. The van der Waals surface area contributed by atoms with E-state index >= 15 is 0 Å². The summed E-state index contributed by atoms with van der Waals surface area (Å²) >= 11 is 3.26. The summed E-state index contributed by atoms with van der Waals surface area (Å²) in [6, 6.07) is 0.372. The molecule has 0 spiro atoms. The Morgan fingerprint density at radius 3 is 2.79 bits per heavy atom. The average molecular weight is 295 g/mol. The zero-order valence-corrected chi connectivity index (χ0v) is 12.7. The van der Waals surface area contributed by atoms with Crippen molar-refractivity contribution in [2.45, 2.75) is 32.7 Å². The SMILES string of the molecule is CC(C)Nc1nnc(-c2csc(N3CCCC3)n2)s1. The van der Waals surface area contributed by atoms with Crippen LogP contribution in [-0.2, 0) is 0 Å². The molecule has 19 heavy (non-hydrogen) atoms. The number of anilines is 2. The lowest BCUT2D eigenvalue weighted by molar-refractivity contribution is 0.888. The van der Waals surface area contributed by atoms with Gasteiger partial charge in [-0.1, -0.05) is 11.3 Å². The Labute approximate surface area is 120 Å². The summed E-state index contributed by atoms with van der Waals surface area (Å²) in [5, 5.41) is 16.6. The first-order valence-corrected chi connectivity index (χ1v) is 8.23. The molecule has 2 aromatic heterocycles. The fraction of sp³-hybridized carbons (Fsp3) is 0.583. The van der Waals surface area contributed by atoms with Gasteiger partial charge in [-0.2, -0.15) is 0 Å². The van der Waals surface area contributed by atoms with Gasteiger partial charge in [-0.15, -0.1) is 21.5 Å². The summed E-state index contributed by atoms with van der Waals surface area (Å²) < 4.78 is 0. The normalized spacial score (nSPS) is 15.4. The Morgan fingerprint density at radius 1 is 1.26 bits per heavy atom. The van der Waals surface area contributed by atoms with Crippen molar-refractivity contribution in [3.63, 3.8) is 0 Å². The Morgan fingerprint density at radius 2 is 2.05 bits per heavy atom. The molecule has 7 heteroatoms. The van der Waals surface area contributed by atoms with Gasteiger partial charge in [0, 0.05) is 24.5 Å². The van der Waals surface area contributed by atoms with Crippen molar-refractivity contribution in [3.05, 3.63) is 5.38 Å². The molecule has 0 saturated carbocycles. The number of hydrogen-bond acceptors (Lipinski definition) is 7. The Balaban J connectivity index is 1.76. The van der Waals surface area contributed by atoms with E-state index in [9.17, 15) is 0 Å². The molecule has 0 atom stereocenters. The molecule has 2 aromatic rings. The highest BCUT2D eigenvalue weighted by molar-refractivity contribution is 7.19. The molecule has 0 aromatic carbocycles.